The van der Waals surface area contributed by atoms with Crippen molar-refractivity contribution in [2.24, 2.45) is 5.14 Å². The normalized spacial score (nSPS) is 11.6. The zero-order valence-corrected chi connectivity index (χ0v) is 8.98. The van der Waals surface area contributed by atoms with E-state index in [9.17, 15) is 8.42 Å². The van der Waals surface area contributed by atoms with Gasteiger partial charge in [0.1, 0.15) is 0 Å². The summed E-state index contributed by atoms with van der Waals surface area (Å²) in [4.78, 5) is 0.0216. The van der Waals surface area contributed by atoms with Gasteiger partial charge in [-0.05, 0) is 24.1 Å². The van der Waals surface area contributed by atoms with Crippen LogP contribution in [0.5, 0.6) is 0 Å². The number of hydrogen-bond acceptors (Lipinski definition) is 3. The van der Waals surface area contributed by atoms with Gasteiger partial charge in [-0.25, -0.2) is 13.6 Å². The van der Waals surface area contributed by atoms with Crippen LogP contribution in [-0.2, 0) is 16.4 Å². The van der Waals surface area contributed by atoms with Gasteiger partial charge in [-0.1, -0.05) is 6.07 Å². The molecule has 0 fully saturated rings. The van der Waals surface area contributed by atoms with Crippen molar-refractivity contribution in [1.82, 2.24) is 0 Å². The molecule has 4 nitrogen and oxygen atoms in total. The molecule has 0 aliphatic carbocycles. The van der Waals surface area contributed by atoms with Crippen LogP contribution >= 0.6 is 11.6 Å². The van der Waals surface area contributed by atoms with Gasteiger partial charge >= 0.3 is 0 Å². The molecule has 0 spiro atoms. The van der Waals surface area contributed by atoms with Gasteiger partial charge in [0.2, 0.25) is 10.0 Å². The Morgan fingerprint density at radius 2 is 2.00 bits per heavy atom. The van der Waals surface area contributed by atoms with Crippen molar-refractivity contribution in [3.8, 4) is 0 Å². The predicted octanol–water partition coefficient (Wildman–Crippen LogP) is 0.697. The molecular weight excluding hydrogens is 224 g/mol. The van der Waals surface area contributed by atoms with Crippen LogP contribution in [0.15, 0.2) is 23.1 Å². The van der Waals surface area contributed by atoms with Crippen LogP contribution in [0, 0.1) is 0 Å². The van der Waals surface area contributed by atoms with Crippen LogP contribution in [0.4, 0.5) is 5.69 Å². The third kappa shape index (κ3) is 2.60. The molecule has 0 radical (unpaired) electrons. The first-order valence-electron chi connectivity index (χ1n) is 3.92. The Labute approximate surface area is 87.9 Å². The number of rotatable bonds is 3. The highest BCUT2D eigenvalue weighted by atomic mass is 35.5. The van der Waals surface area contributed by atoms with Gasteiger partial charge in [0.05, 0.1) is 4.90 Å². The van der Waals surface area contributed by atoms with E-state index in [1.54, 1.807) is 6.07 Å². The first-order valence-corrected chi connectivity index (χ1v) is 6.00. The third-order valence-corrected chi connectivity index (χ3v) is 2.91. The molecule has 0 amide bonds. The van der Waals surface area contributed by atoms with Crippen LogP contribution < -0.4 is 10.9 Å². The third-order valence-electron chi connectivity index (χ3n) is 1.81. The van der Waals surface area contributed by atoms with E-state index in [2.05, 4.69) is 0 Å². The second-order valence-corrected chi connectivity index (χ2v) is 4.78. The summed E-state index contributed by atoms with van der Waals surface area (Å²) in [5, 5.41) is 4.94. The molecule has 0 saturated carbocycles. The number of aryl methyl sites for hydroxylation is 1. The smallest absolute Gasteiger partial charge is 0.238 e. The molecule has 6 heteroatoms. The lowest BCUT2D eigenvalue weighted by Gasteiger charge is -2.05. The summed E-state index contributed by atoms with van der Waals surface area (Å²) in [6.07, 6.45) is 0.609. The number of hydrogen-bond donors (Lipinski definition) is 2. The van der Waals surface area contributed by atoms with Crippen LogP contribution in [-0.4, -0.2) is 14.3 Å². The number of primary sulfonamides is 1. The highest BCUT2D eigenvalue weighted by molar-refractivity contribution is 7.89. The zero-order chi connectivity index (χ0) is 10.8. The predicted molar refractivity (Wildman–Crippen MR) is 56.7 cm³/mol. The first kappa shape index (κ1) is 11.3. The molecule has 0 heterocycles. The maximum Gasteiger partial charge on any atom is 0.238 e. The van der Waals surface area contributed by atoms with E-state index in [4.69, 9.17) is 22.5 Å². The molecule has 78 valence electrons. The van der Waals surface area contributed by atoms with Gasteiger partial charge in [0.25, 0.3) is 0 Å². The van der Waals surface area contributed by atoms with E-state index in [-0.39, 0.29) is 4.90 Å². The van der Waals surface area contributed by atoms with Gasteiger partial charge in [0.15, 0.2) is 0 Å². The molecule has 1 aromatic rings. The molecule has 4 N–H and O–H groups in total. The molecule has 0 aliphatic heterocycles. The van der Waals surface area contributed by atoms with Crippen molar-refractivity contribution < 1.29 is 8.42 Å². The molecule has 0 unspecified atom stereocenters. The number of anilines is 1. The second-order valence-electron chi connectivity index (χ2n) is 2.84. The molecule has 14 heavy (non-hydrogen) atoms. The van der Waals surface area contributed by atoms with Crippen molar-refractivity contribution in [3.05, 3.63) is 23.8 Å². The number of halogens is 1. The van der Waals surface area contributed by atoms with Crippen molar-refractivity contribution in [1.29, 1.82) is 0 Å². The SMILES string of the molecule is Nc1cc(S(N)(=O)=O)ccc1CCCl. The molecule has 1 rings (SSSR count). The summed E-state index contributed by atoms with van der Waals surface area (Å²) >= 11 is 5.54. The summed E-state index contributed by atoms with van der Waals surface area (Å²) in [6.45, 7) is 0. The highest BCUT2D eigenvalue weighted by Gasteiger charge is 2.09. The van der Waals surface area contributed by atoms with Crippen molar-refractivity contribution >= 4 is 27.3 Å². The fraction of sp³-hybridized carbons (Fsp3) is 0.250. The van der Waals surface area contributed by atoms with Crippen molar-refractivity contribution in [2.45, 2.75) is 11.3 Å². The van der Waals surface area contributed by atoms with E-state index >= 15 is 0 Å². The number of alkyl halides is 1. The van der Waals surface area contributed by atoms with Crippen molar-refractivity contribution in [2.75, 3.05) is 11.6 Å². The maximum atomic E-state index is 11.0. The van der Waals surface area contributed by atoms with E-state index in [0.717, 1.165) is 5.56 Å². The largest absolute Gasteiger partial charge is 0.398 e. The van der Waals surface area contributed by atoms with E-state index in [0.29, 0.717) is 18.0 Å². The van der Waals surface area contributed by atoms with Crippen LogP contribution in [0.25, 0.3) is 0 Å². The highest BCUT2D eigenvalue weighted by Crippen LogP contribution is 2.17. The summed E-state index contributed by atoms with van der Waals surface area (Å²) in [6, 6.07) is 4.39. The lowest BCUT2D eigenvalue weighted by molar-refractivity contribution is 0.598. The Morgan fingerprint density at radius 1 is 1.36 bits per heavy atom. The van der Waals surface area contributed by atoms with Crippen LogP contribution in [0.2, 0.25) is 0 Å². The standard InChI is InChI=1S/C8H11ClN2O2S/c9-4-3-6-1-2-7(5-8(6)10)14(11,12)13/h1-2,5H,3-4,10H2,(H2,11,12,13). The molecule has 0 atom stereocenters. The van der Waals surface area contributed by atoms with Crippen LogP contribution in [0.3, 0.4) is 0 Å². The lowest BCUT2D eigenvalue weighted by atomic mass is 10.1. The molecular formula is C8H11ClN2O2S. The first-order chi connectivity index (χ1) is 6.45. The molecule has 0 saturated heterocycles. The molecule has 0 aromatic heterocycles. The number of benzene rings is 1. The second kappa shape index (κ2) is 4.16. The summed E-state index contributed by atoms with van der Waals surface area (Å²) < 4.78 is 21.9. The minimum atomic E-state index is -3.67. The summed E-state index contributed by atoms with van der Waals surface area (Å²) in [7, 11) is -3.67. The van der Waals surface area contributed by atoms with E-state index in [1.165, 1.54) is 12.1 Å². The lowest BCUT2D eigenvalue weighted by Crippen LogP contribution is -2.12. The maximum absolute atomic E-state index is 11.0. The van der Waals surface area contributed by atoms with Gasteiger partial charge in [-0.2, -0.15) is 0 Å². The number of nitrogens with two attached hydrogens (primary N) is 2. The monoisotopic (exact) mass is 234 g/mol. The van der Waals surface area contributed by atoms with Crippen LogP contribution in [0.1, 0.15) is 5.56 Å². The van der Waals surface area contributed by atoms with Gasteiger partial charge in [-0.15, -0.1) is 11.6 Å². The minimum absolute atomic E-state index is 0.0216. The Morgan fingerprint density at radius 3 is 2.43 bits per heavy atom. The van der Waals surface area contributed by atoms with E-state index < -0.39 is 10.0 Å². The van der Waals surface area contributed by atoms with E-state index in [1.807, 2.05) is 0 Å². The average Bonchev–Trinajstić information content (AvgIpc) is 2.07. The fourth-order valence-corrected chi connectivity index (χ4v) is 1.83. The van der Waals surface area contributed by atoms with Gasteiger partial charge < -0.3 is 5.73 Å². The molecule has 0 aliphatic rings. The Balaban J connectivity index is 3.13. The van der Waals surface area contributed by atoms with Crippen molar-refractivity contribution in [3.63, 3.8) is 0 Å². The Hall–Kier alpha value is -0.780. The Kier molecular flexibility index (Phi) is 3.36. The average molecular weight is 235 g/mol. The number of nitrogen functional groups attached to an aromatic ring is 1. The molecule has 1 aromatic carbocycles. The molecule has 0 bridgehead atoms. The Bertz CT molecular complexity index is 431. The van der Waals surface area contributed by atoms with Gasteiger partial charge in [0, 0.05) is 11.6 Å². The van der Waals surface area contributed by atoms with Gasteiger partial charge in [-0.3, -0.25) is 0 Å². The zero-order valence-electron chi connectivity index (χ0n) is 7.40. The minimum Gasteiger partial charge on any atom is -0.398 e. The quantitative estimate of drug-likeness (QED) is 0.596. The number of sulfonamides is 1. The summed E-state index contributed by atoms with van der Waals surface area (Å²) in [5.41, 5.74) is 6.85. The summed E-state index contributed by atoms with van der Waals surface area (Å²) in [5.74, 6) is 0.443. The topological polar surface area (TPSA) is 86.2 Å². The fourth-order valence-electron chi connectivity index (χ4n) is 1.08.